The second-order valence-electron chi connectivity index (χ2n) is 3.49. The molecule has 0 saturated carbocycles. The highest BCUT2D eigenvalue weighted by molar-refractivity contribution is 5.95. The summed E-state index contributed by atoms with van der Waals surface area (Å²) < 4.78 is 5.05. The van der Waals surface area contributed by atoms with Crippen LogP contribution in [0.4, 0.5) is 5.69 Å². The van der Waals surface area contributed by atoms with E-state index in [2.05, 4.69) is 0 Å². The third-order valence-corrected chi connectivity index (χ3v) is 1.89. The van der Waals surface area contributed by atoms with Gasteiger partial charge in [-0.1, -0.05) is 12.1 Å². The van der Waals surface area contributed by atoms with Gasteiger partial charge in [-0.05, 0) is 32.4 Å². The fourth-order valence-electron chi connectivity index (χ4n) is 1.14. The van der Waals surface area contributed by atoms with E-state index in [4.69, 9.17) is 10.5 Å². The average Bonchev–Trinajstić information content (AvgIpc) is 2.08. The van der Waals surface area contributed by atoms with Crippen LogP contribution in [0, 0.1) is 6.92 Å². The maximum absolute atomic E-state index is 11.5. The van der Waals surface area contributed by atoms with E-state index in [0.29, 0.717) is 11.3 Å². The molecule has 0 bridgehead atoms. The molecule has 2 N–H and O–H groups in total. The number of benzene rings is 1. The van der Waals surface area contributed by atoms with Gasteiger partial charge in [-0.25, -0.2) is 4.79 Å². The molecule has 0 aliphatic rings. The number of esters is 1. The van der Waals surface area contributed by atoms with E-state index in [1.165, 1.54) is 0 Å². The summed E-state index contributed by atoms with van der Waals surface area (Å²) in [6, 6.07) is 5.33. The summed E-state index contributed by atoms with van der Waals surface area (Å²) in [7, 11) is 0. The Kier molecular flexibility index (Phi) is 3.12. The monoisotopic (exact) mass is 193 g/mol. The number of anilines is 1. The number of nitrogens with two attached hydrogens (primary N) is 1. The van der Waals surface area contributed by atoms with Crippen LogP contribution >= 0.6 is 0 Å². The van der Waals surface area contributed by atoms with Gasteiger partial charge in [0.15, 0.2) is 0 Å². The largest absolute Gasteiger partial charge is 0.459 e. The molecule has 0 aliphatic heterocycles. The minimum atomic E-state index is -0.360. The lowest BCUT2D eigenvalue weighted by Gasteiger charge is -2.10. The Balaban J connectivity index is 2.96. The molecular weight excluding hydrogens is 178 g/mol. The van der Waals surface area contributed by atoms with Gasteiger partial charge in [-0.3, -0.25) is 0 Å². The van der Waals surface area contributed by atoms with E-state index < -0.39 is 0 Å². The number of rotatable bonds is 2. The molecule has 0 spiro atoms. The lowest BCUT2D eigenvalue weighted by molar-refractivity contribution is 0.0379. The Bertz CT molecular complexity index is 345. The Labute approximate surface area is 83.9 Å². The molecule has 0 aromatic heterocycles. The summed E-state index contributed by atoms with van der Waals surface area (Å²) in [5.74, 6) is -0.360. The summed E-state index contributed by atoms with van der Waals surface area (Å²) in [5.41, 5.74) is 7.59. The molecule has 0 unspecified atom stereocenters. The quantitative estimate of drug-likeness (QED) is 0.578. The molecule has 0 heterocycles. The van der Waals surface area contributed by atoms with Gasteiger partial charge in [0.1, 0.15) is 0 Å². The molecule has 14 heavy (non-hydrogen) atoms. The number of ether oxygens (including phenoxy) is 1. The second-order valence-corrected chi connectivity index (χ2v) is 3.49. The second kappa shape index (κ2) is 4.13. The number of aryl methyl sites for hydroxylation is 1. The normalized spacial score (nSPS) is 10.3. The van der Waals surface area contributed by atoms with Crippen molar-refractivity contribution in [1.82, 2.24) is 0 Å². The van der Waals surface area contributed by atoms with E-state index in [1.54, 1.807) is 12.1 Å². The molecule has 0 amide bonds. The van der Waals surface area contributed by atoms with E-state index in [-0.39, 0.29) is 12.1 Å². The molecule has 0 saturated heterocycles. The Hall–Kier alpha value is -1.51. The van der Waals surface area contributed by atoms with Crippen molar-refractivity contribution in [3.05, 3.63) is 29.3 Å². The third kappa shape index (κ3) is 2.25. The number of hydrogen-bond donors (Lipinski definition) is 1. The van der Waals surface area contributed by atoms with Gasteiger partial charge in [0.25, 0.3) is 0 Å². The zero-order valence-corrected chi connectivity index (χ0v) is 8.70. The fourth-order valence-corrected chi connectivity index (χ4v) is 1.14. The molecule has 1 rings (SSSR count). The van der Waals surface area contributed by atoms with Crippen molar-refractivity contribution < 1.29 is 9.53 Å². The molecular formula is C11H15NO2. The SMILES string of the molecule is Cc1cccc(C(=O)OC(C)C)c1N. The smallest absolute Gasteiger partial charge is 0.340 e. The van der Waals surface area contributed by atoms with Crippen molar-refractivity contribution in [3.63, 3.8) is 0 Å². The van der Waals surface area contributed by atoms with Crippen LogP contribution in [-0.4, -0.2) is 12.1 Å². The Morgan fingerprint density at radius 3 is 2.64 bits per heavy atom. The van der Waals surface area contributed by atoms with Gasteiger partial charge in [-0.15, -0.1) is 0 Å². The van der Waals surface area contributed by atoms with Crippen molar-refractivity contribution in [3.8, 4) is 0 Å². The van der Waals surface area contributed by atoms with Crippen LogP contribution in [0.15, 0.2) is 18.2 Å². The molecule has 1 aromatic carbocycles. The van der Waals surface area contributed by atoms with E-state index in [0.717, 1.165) is 5.56 Å². The molecule has 3 heteroatoms. The van der Waals surface area contributed by atoms with Crippen LogP contribution < -0.4 is 5.73 Å². The van der Waals surface area contributed by atoms with Gasteiger partial charge < -0.3 is 10.5 Å². The zero-order valence-electron chi connectivity index (χ0n) is 8.70. The number of para-hydroxylation sites is 1. The summed E-state index contributed by atoms with van der Waals surface area (Å²) in [5, 5.41) is 0. The minimum absolute atomic E-state index is 0.123. The molecule has 76 valence electrons. The van der Waals surface area contributed by atoms with Gasteiger partial charge in [-0.2, -0.15) is 0 Å². The number of hydrogen-bond acceptors (Lipinski definition) is 3. The minimum Gasteiger partial charge on any atom is -0.459 e. The summed E-state index contributed by atoms with van der Waals surface area (Å²) in [6.07, 6.45) is -0.123. The first kappa shape index (κ1) is 10.6. The van der Waals surface area contributed by atoms with Gasteiger partial charge in [0.2, 0.25) is 0 Å². The standard InChI is InChI=1S/C11H15NO2/c1-7(2)14-11(13)9-6-4-5-8(3)10(9)12/h4-7H,12H2,1-3H3. The molecule has 3 nitrogen and oxygen atoms in total. The van der Waals surface area contributed by atoms with Crippen LogP contribution in [0.1, 0.15) is 29.8 Å². The maximum atomic E-state index is 11.5. The first-order chi connectivity index (χ1) is 6.52. The van der Waals surface area contributed by atoms with Crippen molar-refractivity contribution in [2.45, 2.75) is 26.9 Å². The third-order valence-electron chi connectivity index (χ3n) is 1.89. The zero-order chi connectivity index (χ0) is 10.7. The topological polar surface area (TPSA) is 52.3 Å². The molecule has 1 aromatic rings. The average molecular weight is 193 g/mol. The number of nitrogen functional groups attached to an aromatic ring is 1. The van der Waals surface area contributed by atoms with Crippen molar-refractivity contribution in [2.75, 3.05) is 5.73 Å². The van der Waals surface area contributed by atoms with Crippen LogP contribution in [0.2, 0.25) is 0 Å². The lowest BCUT2D eigenvalue weighted by Crippen LogP contribution is -2.13. The highest BCUT2D eigenvalue weighted by Crippen LogP contribution is 2.17. The highest BCUT2D eigenvalue weighted by Gasteiger charge is 2.13. The Morgan fingerprint density at radius 1 is 1.43 bits per heavy atom. The predicted molar refractivity (Wildman–Crippen MR) is 56.1 cm³/mol. The van der Waals surface area contributed by atoms with Gasteiger partial charge >= 0.3 is 5.97 Å². The first-order valence-electron chi connectivity index (χ1n) is 4.58. The summed E-state index contributed by atoms with van der Waals surface area (Å²) in [4.78, 5) is 11.5. The molecule has 0 radical (unpaired) electrons. The maximum Gasteiger partial charge on any atom is 0.340 e. The number of carbonyl (C=O) groups excluding carboxylic acids is 1. The lowest BCUT2D eigenvalue weighted by atomic mass is 10.1. The van der Waals surface area contributed by atoms with E-state index in [9.17, 15) is 4.79 Å². The first-order valence-corrected chi connectivity index (χ1v) is 4.58. The molecule has 0 atom stereocenters. The fraction of sp³-hybridized carbons (Fsp3) is 0.364. The predicted octanol–water partition coefficient (Wildman–Crippen LogP) is 2.14. The van der Waals surface area contributed by atoms with E-state index in [1.807, 2.05) is 26.8 Å². The van der Waals surface area contributed by atoms with Gasteiger partial charge in [0.05, 0.1) is 11.7 Å². The molecule has 0 fully saturated rings. The Morgan fingerprint density at radius 2 is 2.07 bits per heavy atom. The van der Waals surface area contributed by atoms with Gasteiger partial charge in [0, 0.05) is 5.69 Å². The van der Waals surface area contributed by atoms with Crippen LogP contribution in [0.3, 0.4) is 0 Å². The van der Waals surface area contributed by atoms with Crippen molar-refractivity contribution in [2.24, 2.45) is 0 Å². The highest BCUT2D eigenvalue weighted by atomic mass is 16.5. The summed E-state index contributed by atoms with van der Waals surface area (Å²) in [6.45, 7) is 5.48. The number of carbonyl (C=O) groups is 1. The van der Waals surface area contributed by atoms with Crippen LogP contribution in [0.25, 0.3) is 0 Å². The van der Waals surface area contributed by atoms with Crippen LogP contribution in [-0.2, 0) is 4.74 Å². The summed E-state index contributed by atoms with van der Waals surface area (Å²) >= 11 is 0. The van der Waals surface area contributed by atoms with E-state index >= 15 is 0 Å². The van der Waals surface area contributed by atoms with Crippen molar-refractivity contribution >= 4 is 11.7 Å². The van der Waals surface area contributed by atoms with Crippen LogP contribution in [0.5, 0.6) is 0 Å². The van der Waals surface area contributed by atoms with Crippen molar-refractivity contribution in [1.29, 1.82) is 0 Å². The molecule has 0 aliphatic carbocycles.